The second kappa shape index (κ2) is 6.57. The predicted molar refractivity (Wildman–Crippen MR) is 99.5 cm³/mol. The average Bonchev–Trinajstić information content (AvgIpc) is 3.21. The largest absolute Gasteiger partial charge is 0.338 e. The van der Waals surface area contributed by atoms with Crippen LogP contribution < -0.4 is 0 Å². The normalized spacial score (nSPS) is 32.0. The van der Waals surface area contributed by atoms with Gasteiger partial charge >= 0.3 is 0 Å². The number of amides is 2. The highest BCUT2D eigenvalue weighted by Crippen LogP contribution is 2.56. The molecular formula is C21H28N4O2. The molecule has 0 unspecified atom stereocenters. The van der Waals surface area contributed by atoms with E-state index < -0.39 is 0 Å². The van der Waals surface area contributed by atoms with Crippen molar-refractivity contribution in [3.8, 4) is 0 Å². The van der Waals surface area contributed by atoms with Crippen molar-refractivity contribution in [2.24, 2.45) is 17.8 Å². The van der Waals surface area contributed by atoms with Crippen molar-refractivity contribution in [2.75, 3.05) is 13.1 Å². The van der Waals surface area contributed by atoms with E-state index in [-0.39, 0.29) is 17.9 Å². The fourth-order valence-electron chi connectivity index (χ4n) is 5.61. The third-order valence-electron chi connectivity index (χ3n) is 7.17. The Labute approximate surface area is 160 Å². The van der Waals surface area contributed by atoms with Crippen LogP contribution in [0.25, 0.3) is 0 Å². The summed E-state index contributed by atoms with van der Waals surface area (Å²) in [6.07, 6.45) is 9.72. The Bertz CT molecular complexity index is 767. The molecule has 1 aromatic heterocycles. The molecule has 3 heterocycles. The van der Waals surface area contributed by atoms with Gasteiger partial charge in [-0.05, 0) is 37.5 Å². The number of hydrogen-bond acceptors (Lipinski definition) is 4. The molecule has 144 valence electrons. The molecule has 0 N–H and O–H groups in total. The molecule has 2 amide bonds. The van der Waals surface area contributed by atoms with Crippen LogP contribution in [0.15, 0.2) is 6.20 Å². The van der Waals surface area contributed by atoms with Crippen LogP contribution in [0.4, 0.5) is 0 Å². The topological polar surface area (TPSA) is 66.4 Å². The lowest BCUT2D eigenvalue weighted by Crippen LogP contribution is -2.36. The fourth-order valence-corrected chi connectivity index (χ4v) is 5.61. The lowest BCUT2D eigenvalue weighted by molar-refractivity contribution is -0.134. The van der Waals surface area contributed by atoms with Crippen LogP contribution in [0.1, 0.15) is 68.6 Å². The first-order chi connectivity index (χ1) is 13.1. The van der Waals surface area contributed by atoms with E-state index in [4.69, 9.17) is 4.98 Å². The molecule has 6 nitrogen and oxygen atoms in total. The number of carbonyl (C=O) groups excluding carboxylic acids is 2. The first-order valence-electron chi connectivity index (χ1n) is 10.5. The number of nitrogens with zero attached hydrogens (tertiary/aromatic N) is 4. The van der Waals surface area contributed by atoms with Gasteiger partial charge < -0.3 is 9.80 Å². The van der Waals surface area contributed by atoms with Gasteiger partial charge in [0.15, 0.2) is 5.82 Å². The van der Waals surface area contributed by atoms with E-state index in [9.17, 15) is 9.59 Å². The molecule has 27 heavy (non-hydrogen) atoms. The maximum atomic E-state index is 13.2. The zero-order valence-corrected chi connectivity index (χ0v) is 16.1. The van der Waals surface area contributed by atoms with Crippen molar-refractivity contribution >= 4 is 11.8 Å². The third kappa shape index (κ3) is 2.93. The number of hydrogen-bond donors (Lipinski definition) is 0. The van der Waals surface area contributed by atoms with Gasteiger partial charge in [0, 0.05) is 50.7 Å². The highest BCUT2D eigenvalue weighted by Gasteiger charge is 2.56. The number of carbonyl (C=O) groups is 2. The molecule has 0 spiro atoms. The minimum atomic E-state index is 0.0382. The van der Waals surface area contributed by atoms with Gasteiger partial charge in [-0.25, -0.2) is 9.97 Å². The van der Waals surface area contributed by atoms with Crippen LogP contribution >= 0.6 is 0 Å². The molecule has 2 saturated carbocycles. The lowest BCUT2D eigenvalue weighted by Gasteiger charge is -2.29. The van der Waals surface area contributed by atoms with Crippen molar-refractivity contribution in [2.45, 2.75) is 64.5 Å². The fraction of sp³-hybridized carbons (Fsp3) is 0.714. The number of aromatic nitrogens is 2. The average molecular weight is 368 g/mol. The quantitative estimate of drug-likeness (QED) is 0.804. The molecular weight excluding hydrogens is 340 g/mol. The molecule has 0 radical (unpaired) electrons. The van der Waals surface area contributed by atoms with Gasteiger partial charge in [0.25, 0.3) is 0 Å². The van der Waals surface area contributed by atoms with Gasteiger partial charge in [0.2, 0.25) is 11.8 Å². The standard InChI is InChI=1S/C21H28N4O2/c1-13(26)24-10-8-17-14(12-24)11-22-20(23-17)18-7-4-9-25(18)21(27)19-15-5-2-3-6-16(15)19/h11,15-16,18-19H,2-10,12H2,1H3/t15-,16-,18-/m0/s1. The molecule has 2 aliphatic carbocycles. The monoisotopic (exact) mass is 368 g/mol. The van der Waals surface area contributed by atoms with Crippen molar-refractivity contribution < 1.29 is 9.59 Å². The molecule has 3 fully saturated rings. The number of rotatable bonds is 2. The molecule has 0 aromatic carbocycles. The Kier molecular flexibility index (Phi) is 4.17. The van der Waals surface area contributed by atoms with E-state index in [0.29, 0.717) is 24.3 Å². The van der Waals surface area contributed by atoms with E-state index in [0.717, 1.165) is 49.4 Å². The van der Waals surface area contributed by atoms with Crippen molar-refractivity contribution in [1.82, 2.24) is 19.8 Å². The first-order valence-corrected chi connectivity index (χ1v) is 10.5. The second-order valence-electron chi connectivity index (χ2n) is 8.72. The van der Waals surface area contributed by atoms with Crippen LogP contribution in [0.5, 0.6) is 0 Å². The summed E-state index contributed by atoms with van der Waals surface area (Å²) >= 11 is 0. The van der Waals surface area contributed by atoms with Gasteiger partial charge in [-0.3, -0.25) is 9.59 Å². The van der Waals surface area contributed by atoms with Gasteiger partial charge in [-0.1, -0.05) is 12.8 Å². The van der Waals surface area contributed by atoms with E-state index in [1.165, 1.54) is 25.7 Å². The minimum Gasteiger partial charge on any atom is -0.338 e. The highest BCUT2D eigenvalue weighted by molar-refractivity contribution is 5.83. The Morgan fingerprint density at radius 3 is 2.59 bits per heavy atom. The maximum absolute atomic E-state index is 13.2. The summed E-state index contributed by atoms with van der Waals surface area (Å²) in [7, 11) is 0. The number of likely N-dealkylation sites (tertiary alicyclic amines) is 1. The van der Waals surface area contributed by atoms with Crippen molar-refractivity contribution in [3.05, 3.63) is 23.3 Å². The summed E-state index contributed by atoms with van der Waals surface area (Å²) in [6, 6.07) is 0.0382. The van der Waals surface area contributed by atoms with Crippen LogP contribution in [0.2, 0.25) is 0 Å². The molecule has 4 aliphatic rings. The molecule has 0 bridgehead atoms. The summed E-state index contributed by atoms with van der Waals surface area (Å²) in [4.78, 5) is 38.2. The minimum absolute atomic E-state index is 0.0382. The predicted octanol–water partition coefficient (Wildman–Crippen LogP) is 2.48. The SMILES string of the molecule is CC(=O)N1CCc2nc([C@@H]3CCCN3C(=O)C3[C@H]4CCCC[C@H]34)ncc2C1. The Balaban J connectivity index is 1.33. The smallest absolute Gasteiger partial charge is 0.226 e. The van der Waals surface area contributed by atoms with E-state index >= 15 is 0 Å². The third-order valence-corrected chi connectivity index (χ3v) is 7.17. The van der Waals surface area contributed by atoms with Crippen LogP contribution in [-0.2, 0) is 22.6 Å². The highest BCUT2D eigenvalue weighted by atomic mass is 16.2. The van der Waals surface area contributed by atoms with Gasteiger partial charge in [-0.15, -0.1) is 0 Å². The zero-order chi connectivity index (χ0) is 18.5. The van der Waals surface area contributed by atoms with Gasteiger partial charge in [-0.2, -0.15) is 0 Å². The Morgan fingerprint density at radius 1 is 1.07 bits per heavy atom. The summed E-state index contributed by atoms with van der Waals surface area (Å²) in [5.41, 5.74) is 2.10. The summed E-state index contributed by atoms with van der Waals surface area (Å²) < 4.78 is 0. The molecule has 1 aromatic rings. The van der Waals surface area contributed by atoms with Crippen LogP contribution in [-0.4, -0.2) is 44.7 Å². The summed E-state index contributed by atoms with van der Waals surface area (Å²) in [6.45, 7) is 3.77. The maximum Gasteiger partial charge on any atom is 0.226 e. The van der Waals surface area contributed by atoms with E-state index in [1.807, 2.05) is 11.1 Å². The zero-order valence-electron chi connectivity index (χ0n) is 16.1. The van der Waals surface area contributed by atoms with Crippen molar-refractivity contribution in [3.63, 3.8) is 0 Å². The van der Waals surface area contributed by atoms with Crippen LogP contribution in [0, 0.1) is 17.8 Å². The first kappa shape index (κ1) is 17.1. The van der Waals surface area contributed by atoms with E-state index in [1.54, 1.807) is 6.92 Å². The number of fused-ring (bicyclic) bond motifs is 2. The lowest BCUT2D eigenvalue weighted by atomic mass is 10.0. The Morgan fingerprint density at radius 2 is 1.85 bits per heavy atom. The Hall–Kier alpha value is -1.98. The van der Waals surface area contributed by atoms with Gasteiger partial charge in [0.05, 0.1) is 11.7 Å². The van der Waals surface area contributed by atoms with E-state index in [2.05, 4.69) is 9.88 Å². The molecule has 1 saturated heterocycles. The molecule has 3 atom stereocenters. The summed E-state index contributed by atoms with van der Waals surface area (Å²) in [5, 5.41) is 0. The van der Waals surface area contributed by atoms with Crippen LogP contribution in [0.3, 0.4) is 0 Å². The summed E-state index contributed by atoms with van der Waals surface area (Å²) in [5.74, 6) is 2.83. The van der Waals surface area contributed by atoms with Gasteiger partial charge in [0.1, 0.15) is 0 Å². The van der Waals surface area contributed by atoms with Crippen molar-refractivity contribution in [1.29, 1.82) is 0 Å². The second-order valence-corrected chi connectivity index (χ2v) is 8.72. The molecule has 6 heteroatoms. The molecule has 2 aliphatic heterocycles. The molecule has 5 rings (SSSR count).